The zero-order chi connectivity index (χ0) is 26.1. The molecule has 190 valence electrons. The van der Waals surface area contributed by atoms with Gasteiger partial charge in [-0.3, -0.25) is 10.3 Å². The molecule has 9 heteroatoms. The van der Waals surface area contributed by atoms with Gasteiger partial charge in [-0.2, -0.15) is 0 Å². The molecule has 0 saturated carbocycles. The average molecular weight is 494 g/mol. The number of hydrogen-bond donors (Lipinski definition) is 1. The molecule has 34 heavy (non-hydrogen) atoms. The van der Waals surface area contributed by atoms with Gasteiger partial charge in [-0.1, -0.05) is 51.6 Å². The molecule has 2 unspecified atom stereocenters. The number of carbonyl (C=O) groups excluding carboxylic acids is 1. The van der Waals surface area contributed by atoms with Gasteiger partial charge < -0.3 is 14.0 Å². The van der Waals surface area contributed by atoms with Crippen molar-refractivity contribution in [3.63, 3.8) is 0 Å². The van der Waals surface area contributed by atoms with E-state index in [1.807, 2.05) is 55.4 Å². The lowest BCUT2D eigenvalue weighted by Crippen LogP contribution is -2.41. The smallest absolute Gasteiger partial charge is 0.444 e. The average Bonchev–Trinajstić information content (AvgIpc) is 2.92. The van der Waals surface area contributed by atoms with E-state index in [0.29, 0.717) is 10.7 Å². The molecule has 1 N–H and O–H groups in total. The van der Waals surface area contributed by atoms with Crippen molar-refractivity contribution in [3.8, 4) is 0 Å². The molecule has 2 heterocycles. The van der Waals surface area contributed by atoms with Crippen molar-refractivity contribution in [2.45, 2.75) is 104 Å². The number of amidine groups is 1. The molecule has 0 radical (unpaired) electrons. The number of nitrogens with zero attached hydrogens (tertiary/aromatic N) is 1. The van der Waals surface area contributed by atoms with Gasteiger partial charge in [-0.15, -0.1) is 0 Å². The van der Waals surface area contributed by atoms with Crippen LogP contribution >= 0.6 is 11.8 Å². The molecule has 3 rings (SSSR count). The number of halogens is 1. The summed E-state index contributed by atoms with van der Waals surface area (Å²) < 4.78 is 32.6. The van der Waals surface area contributed by atoms with Crippen LogP contribution < -0.4 is 10.8 Å². The first-order chi connectivity index (χ1) is 15.6. The first kappa shape index (κ1) is 28.7. The van der Waals surface area contributed by atoms with Crippen LogP contribution in [-0.4, -0.2) is 40.4 Å². The molecule has 1 fully saturated rings. The molecule has 0 bridgehead atoms. The van der Waals surface area contributed by atoms with Crippen LogP contribution in [0.5, 0.6) is 0 Å². The molecule has 0 aromatic heterocycles. The molecule has 1 amide bonds. The van der Waals surface area contributed by atoms with E-state index in [0.717, 1.165) is 5.46 Å². The van der Waals surface area contributed by atoms with E-state index in [-0.39, 0.29) is 17.0 Å². The van der Waals surface area contributed by atoms with E-state index >= 15 is 0 Å². The minimum atomic E-state index is -0.619. The van der Waals surface area contributed by atoms with E-state index in [9.17, 15) is 9.18 Å². The number of thioether (sulfide) groups is 1. The minimum absolute atomic E-state index is 0.0484. The van der Waals surface area contributed by atoms with Gasteiger partial charge in [-0.25, -0.2) is 9.18 Å². The van der Waals surface area contributed by atoms with Crippen LogP contribution in [0.1, 0.15) is 87.8 Å². The van der Waals surface area contributed by atoms with Crippen LogP contribution in [-0.2, 0) is 14.0 Å². The van der Waals surface area contributed by atoms with Crippen molar-refractivity contribution in [3.05, 3.63) is 29.6 Å². The molecule has 2 aliphatic heterocycles. The Balaban J connectivity index is 0.00000199. The lowest BCUT2D eigenvalue weighted by molar-refractivity contribution is 0.00578. The Hall–Kier alpha value is -1.58. The molecule has 2 aliphatic rings. The quantitative estimate of drug-likeness (QED) is 0.523. The highest BCUT2D eigenvalue weighted by atomic mass is 32.2. The fraction of sp³-hybridized carbons (Fsp3) is 0.680. The lowest BCUT2D eigenvalue weighted by atomic mass is 9.77. The topological polar surface area (TPSA) is 69.2 Å². The summed E-state index contributed by atoms with van der Waals surface area (Å²) in [7, 11) is -0.589. The Kier molecular flexibility index (Phi) is 8.92. The standard InChI is InChI=1S/C23H34BFN2O4S.C2H6/c1-13-14(2)32-19(27-20(28)29-21(3,4)5)26-18(13)16-12-15(10-11-17(16)25)24-30-22(6,7)23(8,9)31-24;1-2/h10-14,18H,1-9H3,(H,26,27,28);1-2H3/t13-,14?,18?;/m1./s1. The fourth-order valence-electron chi connectivity index (χ4n) is 3.53. The number of amides is 1. The molecular formula is C25H40BFN2O4S. The SMILES string of the molecule is CC.CC1SC(NC(=O)OC(C)(C)C)=NC(c2cc(B3OC(C)(C)C(C)(C)O3)ccc2F)[C@@H]1C. The van der Waals surface area contributed by atoms with Gasteiger partial charge in [0.25, 0.3) is 0 Å². The van der Waals surface area contributed by atoms with Gasteiger partial charge in [0.1, 0.15) is 11.4 Å². The van der Waals surface area contributed by atoms with Gasteiger partial charge in [0.05, 0.1) is 17.2 Å². The molecule has 1 aromatic carbocycles. The van der Waals surface area contributed by atoms with Gasteiger partial charge in [0.2, 0.25) is 0 Å². The molecule has 0 spiro atoms. The Bertz CT molecular complexity index is 901. The van der Waals surface area contributed by atoms with Gasteiger partial charge >= 0.3 is 13.2 Å². The van der Waals surface area contributed by atoms with Crippen LogP contribution in [0.4, 0.5) is 9.18 Å². The highest BCUT2D eigenvalue weighted by Gasteiger charge is 2.52. The molecular weight excluding hydrogens is 454 g/mol. The maximum Gasteiger partial charge on any atom is 0.494 e. The number of benzene rings is 1. The zero-order valence-corrected chi connectivity index (χ0v) is 23.2. The van der Waals surface area contributed by atoms with Crippen LogP contribution in [0.2, 0.25) is 0 Å². The first-order valence-corrected chi connectivity index (χ1v) is 12.9. The van der Waals surface area contributed by atoms with Crippen molar-refractivity contribution in [1.82, 2.24) is 5.32 Å². The van der Waals surface area contributed by atoms with E-state index in [4.69, 9.17) is 14.0 Å². The second-order valence-electron chi connectivity index (χ2n) is 10.6. The zero-order valence-electron chi connectivity index (χ0n) is 22.4. The summed E-state index contributed by atoms with van der Waals surface area (Å²) in [5.41, 5.74) is -0.391. The van der Waals surface area contributed by atoms with Crippen LogP contribution in [0, 0.1) is 11.7 Å². The number of hydrogen-bond acceptors (Lipinski definition) is 6. The summed E-state index contributed by atoms with van der Waals surface area (Å²) >= 11 is 1.45. The van der Waals surface area contributed by atoms with Crippen molar-refractivity contribution >= 4 is 35.6 Å². The van der Waals surface area contributed by atoms with Crippen molar-refractivity contribution in [2.75, 3.05) is 0 Å². The summed E-state index contributed by atoms with van der Waals surface area (Å²) in [4.78, 5) is 16.9. The van der Waals surface area contributed by atoms with Crippen LogP contribution in [0.3, 0.4) is 0 Å². The van der Waals surface area contributed by atoms with E-state index in [2.05, 4.69) is 10.3 Å². The Morgan fingerprint density at radius 2 is 1.71 bits per heavy atom. The van der Waals surface area contributed by atoms with Gasteiger partial charge in [-0.05, 0) is 65.9 Å². The second-order valence-corrected chi connectivity index (χ2v) is 11.9. The van der Waals surface area contributed by atoms with E-state index in [1.54, 1.807) is 32.9 Å². The largest absolute Gasteiger partial charge is 0.494 e. The van der Waals surface area contributed by atoms with E-state index in [1.165, 1.54) is 17.8 Å². The number of carbonyl (C=O) groups is 1. The first-order valence-electron chi connectivity index (χ1n) is 12.0. The van der Waals surface area contributed by atoms with Crippen molar-refractivity contribution in [1.29, 1.82) is 0 Å². The normalized spacial score (nSPS) is 25.7. The highest BCUT2D eigenvalue weighted by Crippen LogP contribution is 2.40. The predicted octanol–water partition coefficient (Wildman–Crippen LogP) is 5.84. The molecule has 1 aromatic rings. The third-order valence-corrected chi connectivity index (χ3v) is 7.50. The number of rotatable bonds is 2. The predicted molar refractivity (Wildman–Crippen MR) is 139 cm³/mol. The lowest BCUT2D eigenvalue weighted by Gasteiger charge is -2.32. The number of aliphatic imine (C=N–C) groups is 1. The molecule has 0 aliphatic carbocycles. The number of alkyl carbamates (subject to hydrolysis) is 1. The maximum absolute atomic E-state index is 15.0. The Morgan fingerprint density at radius 1 is 1.15 bits per heavy atom. The monoisotopic (exact) mass is 494 g/mol. The summed E-state index contributed by atoms with van der Waals surface area (Å²) in [5.74, 6) is -0.297. The molecule has 6 nitrogen and oxygen atoms in total. The fourth-order valence-corrected chi connectivity index (χ4v) is 4.57. The van der Waals surface area contributed by atoms with E-state index < -0.39 is 36.1 Å². The maximum atomic E-state index is 15.0. The third kappa shape index (κ3) is 6.55. The van der Waals surface area contributed by atoms with Gasteiger partial charge in [0.15, 0.2) is 5.17 Å². The summed E-state index contributed by atoms with van der Waals surface area (Å²) in [6.07, 6.45) is -0.573. The Morgan fingerprint density at radius 3 is 2.24 bits per heavy atom. The molecule has 3 atom stereocenters. The molecule has 1 saturated heterocycles. The van der Waals surface area contributed by atoms with Crippen molar-refractivity contribution in [2.24, 2.45) is 10.9 Å². The minimum Gasteiger partial charge on any atom is -0.444 e. The Labute approximate surface area is 208 Å². The second kappa shape index (κ2) is 10.6. The number of ether oxygens (including phenoxy) is 1. The van der Waals surface area contributed by atoms with Crippen molar-refractivity contribution < 1.29 is 23.2 Å². The van der Waals surface area contributed by atoms with Crippen LogP contribution in [0.25, 0.3) is 0 Å². The summed E-state index contributed by atoms with van der Waals surface area (Å²) in [6, 6.07) is 4.44. The summed E-state index contributed by atoms with van der Waals surface area (Å²) in [6.45, 7) is 21.4. The third-order valence-electron chi connectivity index (χ3n) is 6.26. The number of nitrogens with one attached hydrogen (secondary N) is 1. The van der Waals surface area contributed by atoms with Crippen LogP contribution in [0.15, 0.2) is 23.2 Å². The summed E-state index contributed by atoms with van der Waals surface area (Å²) in [5, 5.41) is 3.26. The van der Waals surface area contributed by atoms with Gasteiger partial charge in [0, 0.05) is 10.8 Å². The highest BCUT2D eigenvalue weighted by molar-refractivity contribution is 8.14.